The van der Waals surface area contributed by atoms with Crippen molar-refractivity contribution in [2.45, 2.75) is 20.5 Å². The summed E-state index contributed by atoms with van der Waals surface area (Å²) in [6, 6.07) is 9.98. The van der Waals surface area contributed by atoms with Gasteiger partial charge in [-0.15, -0.1) is 11.3 Å². The molecule has 2 heterocycles. The molecule has 4 nitrogen and oxygen atoms in total. The van der Waals surface area contributed by atoms with Crippen LogP contribution in [-0.4, -0.2) is 37.6 Å². The van der Waals surface area contributed by atoms with Crippen LogP contribution >= 0.6 is 11.3 Å². The molecule has 2 aromatic rings. The van der Waals surface area contributed by atoms with Gasteiger partial charge in [-0.25, -0.2) is 0 Å². The molecule has 1 aliphatic rings. The van der Waals surface area contributed by atoms with Gasteiger partial charge < -0.3 is 14.4 Å². The minimum Gasteiger partial charge on any atom is -0.488 e. The molecule has 3 rings (SSSR count). The molecular weight excluding hydrogens is 322 g/mol. The number of para-hydroxylation sites is 1. The van der Waals surface area contributed by atoms with Gasteiger partial charge in [0, 0.05) is 36.2 Å². The number of fused-ring (bicyclic) bond motifs is 3. The summed E-state index contributed by atoms with van der Waals surface area (Å²) >= 11 is 1.56. The van der Waals surface area contributed by atoms with Crippen molar-refractivity contribution >= 4 is 17.2 Å². The van der Waals surface area contributed by atoms with E-state index in [-0.39, 0.29) is 5.91 Å². The predicted molar refractivity (Wildman–Crippen MR) is 96.7 cm³/mol. The molecule has 0 unspecified atom stereocenters. The fourth-order valence-electron chi connectivity index (χ4n) is 2.88. The summed E-state index contributed by atoms with van der Waals surface area (Å²) in [6.07, 6.45) is 0. The number of rotatable bonds is 6. The van der Waals surface area contributed by atoms with Crippen molar-refractivity contribution < 1.29 is 14.3 Å². The Morgan fingerprint density at radius 3 is 2.92 bits per heavy atom. The predicted octanol–water partition coefficient (Wildman–Crippen LogP) is 4.05. The third kappa shape index (κ3) is 3.47. The van der Waals surface area contributed by atoms with E-state index in [0.29, 0.717) is 25.7 Å². The Balaban J connectivity index is 1.87. The molecule has 1 amide bonds. The summed E-state index contributed by atoms with van der Waals surface area (Å²) in [5, 5.41) is 0. The van der Waals surface area contributed by atoms with Crippen molar-refractivity contribution in [3.05, 3.63) is 40.8 Å². The average Bonchev–Trinajstić information content (AvgIpc) is 3.02. The highest BCUT2D eigenvalue weighted by Crippen LogP contribution is 2.42. The number of thiophene rings is 1. The van der Waals surface area contributed by atoms with Gasteiger partial charge in [-0.3, -0.25) is 4.79 Å². The van der Waals surface area contributed by atoms with Crippen LogP contribution in [0.4, 0.5) is 0 Å². The fraction of sp³-hybridized carbons (Fsp3) is 0.421. The molecule has 1 aromatic carbocycles. The van der Waals surface area contributed by atoms with E-state index in [1.54, 1.807) is 18.4 Å². The van der Waals surface area contributed by atoms with Gasteiger partial charge in [-0.2, -0.15) is 0 Å². The molecule has 0 saturated heterocycles. The van der Waals surface area contributed by atoms with Crippen LogP contribution in [-0.2, 0) is 11.3 Å². The number of carbonyl (C=O) groups excluding carboxylic acids is 1. The highest BCUT2D eigenvalue weighted by atomic mass is 32.1. The lowest BCUT2D eigenvalue weighted by Crippen LogP contribution is -2.36. The molecule has 0 saturated carbocycles. The number of hydrogen-bond donors (Lipinski definition) is 0. The van der Waals surface area contributed by atoms with Crippen molar-refractivity contribution in [1.29, 1.82) is 0 Å². The molecule has 0 atom stereocenters. The third-order valence-electron chi connectivity index (χ3n) is 3.97. The number of amides is 1. The van der Waals surface area contributed by atoms with Crippen LogP contribution in [0.2, 0.25) is 0 Å². The van der Waals surface area contributed by atoms with Gasteiger partial charge in [0.15, 0.2) is 0 Å². The van der Waals surface area contributed by atoms with E-state index in [1.807, 2.05) is 29.2 Å². The number of hydrogen-bond acceptors (Lipinski definition) is 4. The van der Waals surface area contributed by atoms with Crippen LogP contribution < -0.4 is 4.74 Å². The molecule has 0 spiro atoms. The van der Waals surface area contributed by atoms with E-state index in [1.165, 1.54) is 0 Å². The largest absolute Gasteiger partial charge is 0.488 e. The van der Waals surface area contributed by atoms with Crippen molar-refractivity contribution in [2.24, 2.45) is 5.92 Å². The van der Waals surface area contributed by atoms with Gasteiger partial charge >= 0.3 is 0 Å². The van der Waals surface area contributed by atoms with Crippen LogP contribution in [0, 0.1) is 5.92 Å². The summed E-state index contributed by atoms with van der Waals surface area (Å²) in [7, 11) is 1.66. The highest BCUT2D eigenvalue weighted by Gasteiger charge is 2.25. The van der Waals surface area contributed by atoms with Gasteiger partial charge in [0.2, 0.25) is 0 Å². The van der Waals surface area contributed by atoms with Gasteiger partial charge in [-0.05, 0) is 24.1 Å². The topological polar surface area (TPSA) is 38.8 Å². The van der Waals surface area contributed by atoms with Crippen LogP contribution in [0.25, 0.3) is 10.4 Å². The number of nitrogens with zero attached hydrogens (tertiary/aromatic N) is 1. The van der Waals surface area contributed by atoms with Gasteiger partial charge in [0.25, 0.3) is 5.91 Å². The minimum atomic E-state index is 0.0811. The summed E-state index contributed by atoms with van der Waals surface area (Å²) in [4.78, 5) is 16.8. The van der Waals surface area contributed by atoms with E-state index in [9.17, 15) is 4.79 Å². The monoisotopic (exact) mass is 345 g/mol. The molecule has 0 bridgehead atoms. The number of ether oxygens (including phenoxy) is 2. The maximum Gasteiger partial charge on any atom is 0.264 e. The van der Waals surface area contributed by atoms with Crippen LogP contribution in [0.15, 0.2) is 30.3 Å². The van der Waals surface area contributed by atoms with Crippen LogP contribution in [0.3, 0.4) is 0 Å². The first-order valence-electron chi connectivity index (χ1n) is 8.23. The minimum absolute atomic E-state index is 0.0811. The van der Waals surface area contributed by atoms with Gasteiger partial charge in [0.05, 0.1) is 11.5 Å². The lowest BCUT2D eigenvalue weighted by molar-refractivity contribution is 0.0677. The smallest absolute Gasteiger partial charge is 0.264 e. The van der Waals surface area contributed by atoms with E-state index < -0.39 is 0 Å². The summed E-state index contributed by atoms with van der Waals surface area (Å²) in [6.45, 7) is 6.67. The van der Waals surface area contributed by atoms with Gasteiger partial charge in [0.1, 0.15) is 12.4 Å². The number of methoxy groups -OCH3 is 1. The standard InChI is InChI=1S/C19H23NO3S/c1-13(2)11-20(8-9-22-3)19(21)17-10-14-12-23-16-7-5-4-6-15(16)18(14)24-17/h4-7,10,13H,8-9,11-12H2,1-3H3. The van der Waals surface area contributed by atoms with Crippen molar-refractivity contribution in [3.8, 4) is 16.2 Å². The summed E-state index contributed by atoms with van der Waals surface area (Å²) < 4.78 is 11.0. The zero-order chi connectivity index (χ0) is 17.1. The molecule has 1 aliphatic heterocycles. The molecule has 24 heavy (non-hydrogen) atoms. The molecule has 0 aliphatic carbocycles. The lowest BCUT2D eigenvalue weighted by Gasteiger charge is -2.23. The molecule has 0 N–H and O–H groups in total. The van der Waals surface area contributed by atoms with E-state index in [4.69, 9.17) is 9.47 Å². The number of benzene rings is 1. The molecular formula is C19H23NO3S. The fourth-order valence-corrected chi connectivity index (χ4v) is 4.04. The first kappa shape index (κ1) is 17.0. The lowest BCUT2D eigenvalue weighted by atomic mass is 10.1. The maximum absolute atomic E-state index is 13.0. The van der Waals surface area contributed by atoms with Crippen molar-refractivity contribution in [1.82, 2.24) is 4.90 Å². The Morgan fingerprint density at radius 1 is 1.38 bits per heavy atom. The molecule has 5 heteroatoms. The van der Waals surface area contributed by atoms with Crippen molar-refractivity contribution in [3.63, 3.8) is 0 Å². The Hall–Kier alpha value is -1.85. The molecule has 0 fully saturated rings. The zero-order valence-electron chi connectivity index (χ0n) is 14.4. The summed E-state index contributed by atoms with van der Waals surface area (Å²) in [5.74, 6) is 1.39. The van der Waals surface area contributed by atoms with E-state index in [2.05, 4.69) is 19.9 Å². The van der Waals surface area contributed by atoms with Gasteiger partial charge in [-0.1, -0.05) is 26.0 Å². The molecule has 1 aromatic heterocycles. The third-order valence-corrected chi connectivity index (χ3v) is 5.17. The van der Waals surface area contributed by atoms with E-state index >= 15 is 0 Å². The normalized spacial score (nSPS) is 12.5. The molecule has 0 radical (unpaired) electrons. The number of carbonyl (C=O) groups is 1. The zero-order valence-corrected chi connectivity index (χ0v) is 15.2. The second kappa shape index (κ2) is 7.36. The Kier molecular flexibility index (Phi) is 5.21. The molecule has 128 valence electrons. The second-order valence-electron chi connectivity index (χ2n) is 6.39. The highest BCUT2D eigenvalue weighted by molar-refractivity contribution is 7.17. The first-order chi connectivity index (χ1) is 11.6. The Bertz CT molecular complexity index is 723. The quantitative estimate of drug-likeness (QED) is 0.793. The average molecular weight is 345 g/mol. The van der Waals surface area contributed by atoms with Crippen molar-refractivity contribution in [2.75, 3.05) is 26.8 Å². The maximum atomic E-state index is 13.0. The Morgan fingerprint density at radius 2 is 2.17 bits per heavy atom. The van der Waals surface area contributed by atoms with Crippen LogP contribution in [0.5, 0.6) is 5.75 Å². The summed E-state index contributed by atoms with van der Waals surface area (Å²) in [5.41, 5.74) is 2.17. The first-order valence-corrected chi connectivity index (χ1v) is 9.05. The van der Waals surface area contributed by atoms with E-state index in [0.717, 1.165) is 33.2 Å². The SMILES string of the molecule is COCCN(CC(C)C)C(=O)c1cc2c(s1)-c1ccccc1OC2. The van der Waals surface area contributed by atoms with Crippen LogP contribution in [0.1, 0.15) is 29.1 Å². The second-order valence-corrected chi connectivity index (χ2v) is 7.44. The Labute approximate surface area is 147 Å².